The van der Waals surface area contributed by atoms with Crippen molar-refractivity contribution < 1.29 is 17.7 Å². The van der Waals surface area contributed by atoms with Gasteiger partial charge in [0.15, 0.2) is 0 Å². The number of nitrogens with two attached hydrogens (primary N) is 1. The molecule has 0 aliphatic carbocycles. The summed E-state index contributed by atoms with van der Waals surface area (Å²) in [6.45, 7) is 7.81. The van der Waals surface area contributed by atoms with E-state index in [4.69, 9.17) is 10.5 Å². The molecule has 0 aromatic rings. The molecule has 110 valence electrons. The topological polar surface area (TPSA) is 89.6 Å². The first kappa shape index (κ1) is 17.8. The van der Waals surface area contributed by atoms with Crippen LogP contribution in [0.5, 0.6) is 0 Å². The summed E-state index contributed by atoms with van der Waals surface area (Å²) in [6, 6.07) is 0. The molecule has 0 aliphatic heterocycles. The number of hydrogen-bond donors (Lipinski definition) is 2. The van der Waals surface area contributed by atoms with Crippen LogP contribution in [0, 0.1) is 5.41 Å². The maximum absolute atomic E-state index is 11.4. The number of unbranched alkanes of at least 4 members (excludes halogenated alkanes) is 2. The van der Waals surface area contributed by atoms with E-state index >= 15 is 0 Å². The van der Waals surface area contributed by atoms with E-state index in [9.17, 15) is 13.0 Å². The fraction of sp³-hybridized carbons (Fsp3) is 1.00. The van der Waals surface area contributed by atoms with Gasteiger partial charge >= 0.3 is 0 Å². The molecule has 0 rings (SSSR count). The summed E-state index contributed by atoms with van der Waals surface area (Å²) in [5.41, 5.74) is 4.99. The lowest BCUT2D eigenvalue weighted by Gasteiger charge is -2.40. The van der Waals surface area contributed by atoms with Gasteiger partial charge in [0.2, 0.25) is 0 Å². The van der Waals surface area contributed by atoms with Crippen molar-refractivity contribution in [1.82, 2.24) is 0 Å². The minimum atomic E-state index is -4.32. The second-order valence-corrected chi connectivity index (χ2v) is 7.05. The highest BCUT2D eigenvalue weighted by atomic mass is 32.2. The molecule has 0 aromatic heterocycles. The Kier molecular flexibility index (Phi) is 6.78. The van der Waals surface area contributed by atoms with Gasteiger partial charge < -0.3 is 10.5 Å². The lowest BCUT2D eigenvalue weighted by Crippen LogP contribution is -2.58. The van der Waals surface area contributed by atoms with E-state index < -0.39 is 20.4 Å². The number of ether oxygens (including phenoxy) is 1. The van der Waals surface area contributed by atoms with Gasteiger partial charge in [-0.15, -0.1) is 0 Å². The molecule has 5 nitrogen and oxygen atoms in total. The molecule has 0 spiro atoms. The maximum atomic E-state index is 11.4. The Labute approximate surface area is 111 Å². The highest BCUT2D eigenvalue weighted by Crippen LogP contribution is 2.36. The summed E-state index contributed by atoms with van der Waals surface area (Å²) in [6.07, 6.45) is 3.64. The molecule has 2 unspecified atom stereocenters. The van der Waals surface area contributed by atoms with Crippen LogP contribution in [0.25, 0.3) is 0 Å². The van der Waals surface area contributed by atoms with Gasteiger partial charge in [-0.25, -0.2) is 0 Å². The molecule has 0 radical (unpaired) electrons. The Morgan fingerprint density at radius 3 is 2.17 bits per heavy atom. The van der Waals surface area contributed by atoms with Crippen molar-refractivity contribution >= 4 is 10.1 Å². The van der Waals surface area contributed by atoms with Crippen LogP contribution in [0.1, 0.15) is 53.4 Å². The quantitative estimate of drug-likeness (QED) is 0.499. The molecule has 0 bridgehead atoms. The zero-order valence-corrected chi connectivity index (χ0v) is 12.7. The zero-order chi connectivity index (χ0) is 14.4. The second kappa shape index (κ2) is 6.84. The molecule has 0 saturated heterocycles. The predicted octanol–water partition coefficient (Wildman–Crippen LogP) is 2.17. The fourth-order valence-corrected chi connectivity index (χ4v) is 2.49. The van der Waals surface area contributed by atoms with Crippen molar-refractivity contribution in [3.05, 3.63) is 0 Å². The molecule has 0 saturated carbocycles. The van der Waals surface area contributed by atoms with E-state index in [0.717, 1.165) is 19.3 Å². The molecule has 0 aliphatic rings. The molecule has 0 fully saturated rings. The van der Waals surface area contributed by atoms with Gasteiger partial charge in [0.05, 0.1) is 6.61 Å². The van der Waals surface area contributed by atoms with Gasteiger partial charge in [-0.3, -0.25) is 4.55 Å². The van der Waals surface area contributed by atoms with E-state index in [1.54, 1.807) is 6.92 Å². The predicted molar refractivity (Wildman–Crippen MR) is 72.9 cm³/mol. The molecule has 0 heterocycles. The summed E-state index contributed by atoms with van der Waals surface area (Å²) in [5, 5.41) is 0. The van der Waals surface area contributed by atoms with Crippen LogP contribution in [0.3, 0.4) is 0 Å². The van der Waals surface area contributed by atoms with Gasteiger partial charge in [0.25, 0.3) is 10.1 Å². The van der Waals surface area contributed by atoms with Crippen molar-refractivity contribution in [2.45, 2.75) is 58.2 Å². The standard InChI is InChI=1S/C12H27NO4S/c1-5-7-8-9-17-10-11(3,6-2)12(4,13)18(14,15)16/h5-10,13H2,1-4H3,(H,14,15,16). The summed E-state index contributed by atoms with van der Waals surface area (Å²) < 4.78 is 37.5. The molecular formula is C12H27NO4S. The summed E-state index contributed by atoms with van der Waals surface area (Å²) >= 11 is 0. The first-order valence-electron chi connectivity index (χ1n) is 6.46. The van der Waals surface area contributed by atoms with Gasteiger partial charge in [-0.05, 0) is 19.8 Å². The average Bonchev–Trinajstić information content (AvgIpc) is 2.26. The van der Waals surface area contributed by atoms with E-state index in [1.165, 1.54) is 6.92 Å². The monoisotopic (exact) mass is 281 g/mol. The van der Waals surface area contributed by atoms with Crippen LogP contribution in [0.2, 0.25) is 0 Å². The van der Waals surface area contributed by atoms with E-state index in [-0.39, 0.29) is 6.61 Å². The molecule has 0 amide bonds. The van der Waals surface area contributed by atoms with Crippen LogP contribution in [-0.4, -0.2) is 31.1 Å². The minimum absolute atomic E-state index is 0.222. The number of rotatable bonds is 9. The number of hydrogen-bond acceptors (Lipinski definition) is 4. The van der Waals surface area contributed by atoms with Crippen LogP contribution in [-0.2, 0) is 14.9 Å². The Hall–Kier alpha value is -0.170. The average molecular weight is 281 g/mol. The summed E-state index contributed by atoms with van der Waals surface area (Å²) in [5.74, 6) is 0. The Morgan fingerprint density at radius 1 is 1.22 bits per heavy atom. The smallest absolute Gasteiger partial charge is 0.284 e. The SMILES string of the molecule is CCCCCOCC(C)(CC)C(C)(N)S(=O)(=O)O. The summed E-state index contributed by atoms with van der Waals surface area (Å²) in [7, 11) is -4.32. The van der Waals surface area contributed by atoms with Crippen molar-refractivity contribution in [1.29, 1.82) is 0 Å². The largest absolute Gasteiger partial charge is 0.381 e. The highest BCUT2D eigenvalue weighted by molar-refractivity contribution is 7.87. The Morgan fingerprint density at radius 2 is 1.78 bits per heavy atom. The molecular weight excluding hydrogens is 254 g/mol. The third-order valence-corrected chi connectivity index (χ3v) is 5.39. The van der Waals surface area contributed by atoms with Crippen LogP contribution in [0.15, 0.2) is 0 Å². The van der Waals surface area contributed by atoms with Crippen molar-refractivity contribution in [2.75, 3.05) is 13.2 Å². The molecule has 0 aromatic carbocycles. The van der Waals surface area contributed by atoms with E-state index in [1.807, 2.05) is 6.92 Å². The fourth-order valence-electron chi connectivity index (χ4n) is 1.66. The Balaban J connectivity index is 4.62. The van der Waals surface area contributed by atoms with Gasteiger partial charge in [-0.2, -0.15) is 8.42 Å². The highest BCUT2D eigenvalue weighted by Gasteiger charge is 2.49. The van der Waals surface area contributed by atoms with E-state index in [0.29, 0.717) is 13.0 Å². The molecule has 18 heavy (non-hydrogen) atoms. The first-order chi connectivity index (χ1) is 8.12. The van der Waals surface area contributed by atoms with Crippen molar-refractivity contribution in [2.24, 2.45) is 11.1 Å². The van der Waals surface area contributed by atoms with Crippen LogP contribution in [0.4, 0.5) is 0 Å². The maximum Gasteiger partial charge on any atom is 0.284 e. The minimum Gasteiger partial charge on any atom is -0.381 e. The molecule has 2 atom stereocenters. The van der Waals surface area contributed by atoms with Crippen molar-refractivity contribution in [3.8, 4) is 0 Å². The van der Waals surface area contributed by atoms with Gasteiger partial charge in [-0.1, -0.05) is 33.6 Å². The Bertz CT molecular complexity index is 340. The second-order valence-electron chi connectivity index (χ2n) is 5.26. The normalized spacial score (nSPS) is 19.2. The zero-order valence-electron chi connectivity index (χ0n) is 11.9. The molecule has 3 N–H and O–H groups in total. The van der Waals surface area contributed by atoms with Gasteiger partial charge in [0, 0.05) is 12.0 Å². The van der Waals surface area contributed by atoms with Crippen molar-refractivity contribution in [3.63, 3.8) is 0 Å². The van der Waals surface area contributed by atoms with Crippen LogP contribution < -0.4 is 5.73 Å². The first-order valence-corrected chi connectivity index (χ1v) is 7.90. The lowest BCUT2D eigenvalue weighted by molar-refractivity contribution is 0.0253. The molecule has 6 heteroatoms. The third kappa shape index (κ3) is 4.19. The third-order valence-electron chi connectivity index (χ3n) is 3.83. The summed E-state index contributed by atoms with van der Waals surface area (Å²) in [4.78, 5) is -1.71. The van der Waals surface area contributed by atoms with E-state index in [2.05, 4.69) is 6.92 Å². The van der Waals surface area contributed by atoms with Crippen LogP contribution >= 0.6 is 0 Å². The lowest BCUT2D eigenvalue weighted by atomic mass is 9.81. The van der Waals surface area contributed by atoms with Gasteiger partial charge in [0.1, 0.15) is 4.87 Å².